The summed E-state index contributed by atoms with van der Waals surface area (Å²) in [4.78, 5) is 44.0. The highest BCUT2D eigenvalue weighted by Crippen LogP contribution is 2.38. The van der Waals surface area contributed by atoms with E-state index in [0.29, 0.717) is 3.97 Å². The molecule has 1 aliphatic heterocycles. The Morgan fingerprint density at radius 3 is 2.65 bits per heavy atom. The van der Waals surface area contributed by atoms with Crippen LogP contribution in [0.3, 0.4) is 0 Å². The van der Waals surface area contributed by atoms with Crippen molar-refractivity contribution in [2.24, 2.45) is 0 Å². The second-order valence-electron chi connectivity index (χ2n) is 4.55. The van der Waals surface area contributed by atoms with E-state index in [-0.39, 0.29) is 0 Å². The zero-order valence-electron chi connectivity index (χ0n) is 11.1. The van der Waals surface area contributed by atoms with E-state index in [0.717, 1.165) is 16.8 Å². The predicted molar refractivity (Wildman–Crippen MR) is 73.2 cm³/mol. The number of rotatable bonds is 5. The van der Waals surface area contributed by atoms with E-state index < -0.39 is 50.2 Å². The lowest BCUT2D eigenvalue weighted by Gasteiger charge is -2.18. The summed E-state index contributed by atoms with van der Waals surface area (Å²) in [6.45, 7) is -0.781. The molecule has 0 radical (unpaired) electrons. The van der Waals surface area contributed by atoms with Crippen LogP contribution >= 0.6 is 20.6 Å². The third-order valence-electron chi connectivity index (χ3n) is 3.09. The summed E-state index contributed by atoms with van der Waals surface area (Å²) in [5, 5.41) is 9.87. The molecule has 0 aromatic carbocycles. The Bertz CT molecular complexity index is 732. The Balaban J connectivity index is 2.29. The highest BCUT2D eigenvalue weighted by atomic mass is 32.1. The molecule has 0 bridgehead atoms. The van der Waals surface area contributed by atoms with Crippen LogP contribution in [0.15, 0.2) is 21.9 Å². The standard InChI is InChI=1S/C9H12FN2O9PS/c10-21-7-6(14)4(3-19-22(16,17)18)20-8(7)11-2-1-5(13)12(23)9(11)15/h1-2,4,6-8,14,23H,3H2,(H2,16,17,18)/t4-,6+,7-,8-/m0/s1. The highest BCUT2D eigenvalue weighted by Gasteiger charge is 2.47. The lowest BCUT2D eigenvalue weighted by molar-refractivity contribution is -0.221. The first-order chi connectivity index (χ1) is 10.7. The van der Waals surface area contributed by atoms with Crippen molar-refractivity contribution >= 4 is 20.6 Å². The Kier molecular flexibility index (Phi) is 5.43. The van der Waals surface area contributed by atoms with Crippen LogP contribution in [0.4, 0.5) is 4.53 Å². The zero-order valence-corrected chi connectivity index (χ0v) is 12.9. The van der Waals surface area contributed by atoms with Crippen LogP contribution in [-0.2, 0) is 18.8 Å². The molecule has 1 fully saturated rings. The van der Waals surface area contributed by atoms with Crippen molar-refractivity contribution < 1.29 is 38.2 Å². The minimum Gasteiger partial charge on any atom is -0.387 e. The predicted octanol–water partition coefficient (Wildman–Crippen LogP) is -1.66. The number of phosphoric acid groups is 1. The van der Waals surface area contributed by atoms with Gasteiger partial charge in [0.15, 0.2) is 12.3 Å². The van der Waals surface area contributed by atoms with Gasteiger partial charge in [-0.3, -0.25) is 13.9 Å². The first-order valence-corrected chi connectivity index (χ1v) is 7.93. The number of hydrogen-bond donors (Lipinski definition) is 4. The number of thiol groups is 1. The maximum Gasteiger partial charge on any atom is 0.469 e. The van der Waals surface area contributed by atoms with Crippen molar-refractivity contribution in [2.45, 2.75) is 24.5 Å². The quantitative estimate of drug-likeness (QED) is 0.351. The molecule has 3 N–H and O–H groups in total. The molecular formula is C9H12FN2O9PS. The van der Waals surface area contributed by atoms with Crippen molar-refractivity contribution in [3.8, 4) is 0 Å². The van der Waals surface area contributed by atoms with Crippen molar-refractivity contribution in [1.29, 1.82) is 0 Å². The van der Waals surface area contributed by atoms with Gasteiger partial charge in [0.05, 0.1) is 6.61 Å². The molecule has 14 heteroatoms. The average Bonchev–Trinajstić information content (AvgIpc) is 2.78. The molecule has 2 heterocycles. The van der Waals surface area contributed by atoms with E-state index in [9.17, 15) is 23.8 Å². The molecule has 1 aromatic heterocycles. The van der Waals surface area contributed by atoms with Crippen LogP contribution in [0, 0.1) is 0 Å². The number of aliphatic hydroxyl groups is 1. The number of nitrogens with zero attached hydrogens (tertiary/aromatic N) is 2. The Morgan fingerprint density at radius 1 is 1.43 bits per heavy atom. The van der Waals surface area contributed by atoms with Crippen LogP contribution in [0.2, 0.25) is 0 Å². The molecule has 23 heavy (non-hydrogen) atoms. The largest absolute Gasteiger partial charge is 0.469 e. The number of hydrogen-bond acceptors (Lipinski definition) is 8. The molecule has 1 aliphatic rings. The molecule has 0 saturated carbocycles. The Labute approximate surface area is 132 Å². The minimum absolute atomic E-state index is 0.421. The second-order valence-corrected chi connectivity index (χ2v) is 6.19. The third-order valence-corrected chi connectivity index (χ3v) is 3.94. The molecule has 1 aromatic rings. The van der Waals surface area contributed by atoms with E-state index in [4.69, 9.17) is 14.5 Å². The Morgan fingerprint density at radius 2 is 2.09 bits per heavy atom. The smallest absolute Gasteiger partial charge is 0.387 e. The van der Waals surface area contributed by atoms with Crippen molar-refractivity contribution in [2.75, 3.05) is 6.61 Å². The number of aliphatic hydroxyl groups excluding tert-OH is 1. The van der Waals surface area contributed by atoms with E-state index in [1.54, 1.807) is 0 Å². The van der Waals surface area contributed by atoms with E-state index in [1.165, 1.54) is 0 Å². The van der Waals surface area contributed by atoms with E-state index in [1.807, 2.05) is 0 Å². The molecular weight excluding hydrogens is 362 g/mol. The van der Waals surface area contributed by atoms with Crippen LogP contribution in [0.25, 0.3) is 0 Å². The molecule has 2 rings (SSSR count). The summed E-state index contributed by atoms with van der Waals surface area (Å²) in [5.41, 5.74) is -1.73. The van der Waals surface area contributed by atoms with Gasteiger partial charge in [0.1, 0.15) is 12.2 Å². The SMILES string of the molecule is O=c1ccn([C@H]2O[C@@H](COP(=O)(O)O)[C@@H](O)[C@@H]2OF)c(=O)n1S. The number of ether oxygens (including phenoxy) is 1. The van der Waals surface area contributed by atoms with Crippen LogP contribution in [-0.4, -0.2) is 48.4 Å². The van der Waals surface area contributed by atoms with Gasteiger partial charge in [-0.1, -0.05) is 12.8 Å². The maximum atomic E-state index is 12.7. The molecule has 0 aliphatic carbocycles. The van der Waals surface area contributed by atoms with Gasteiger partial charge in [-0.25, -0.2) is 13.3 Å². The second kappa shape index (κ2) is 6.83. The van der Waals surface area contributed by atoms with Gasteiger partial charge in [0.2, 0.25) is 0 Å². The lowest BCUT2D eigenvalue weighted by Crippen LogP contribution is -2.40. The van der Waals surface area contributed by atoms with Gasteiger partial charge in [-0.2, -0.15) is 4.94 Å². The summed E-state index contributed by atoms with van der Waals surface area (Å²) in [6, 6.07) is 0.943. The van der Waals surface area contributed by atoms with Gasteiger partial charge < -0.3 is 19.6 Å². The summed E-state index contributed by atoms with van der Waals surface area (Å²) >= 11 is 3.65. The molecule has 0 amide bonds. The number of halogens is 1. The molecule has 1 saturated heterocycles. The number of phosphoric ester groups is 1. The van der Waals surface area contributed by atoms with Gasteiger partial charge in [0.25, 0.3) is 5.56 Å². The van der Waals surface area contributed by atoms with Crippen LogP contribution in [0.1, 0.15) is 6.23 Å². The van der Waals surface area contributed by atoms with Crippen LogP contribution in [0.5, 0.6) is 0 Å². The topological polar surface area (TPSA) is 149 Å². The summed E-state index contributed by atoms with van der Waals surface area (Å²) in [7, 11) is -4.84. The fourth-order valence-electron chi connectivity index (χ4n) is 2.02. The maximum absolute atomic E-state index is 12.7. The van der Waals surface area contributed by atoms with Gasteiger partial charge in [-0.15, -0.1) is 0 Å². The van der Waals surface area contributed by atoms with E-state index in [2.05, 4.69) is 22.3 Å². The van der Waals surface area contributed by atoms with Crippen LogP contribution < -0.4 is 11.2 Å². The molecule has 0 spiro atoms. The lowest BCUT2D eigenvalue weighted by atomic mass is 10.1. The molecule has 130 valence electrons. The van der Waals surface area contributed by atoms with E-state index >= 15 is 0 Å². The van der Waals surface area contributed by atoms with Crippen molar-refractivity contribution in [1.82, 2.24) is 8.54 Å². The number of aromatic nitrogens is 2. The Hall–Kier alpha value is -1.05. The fourth-order valence-corrected chi connectivity index (χ4v) is 2.53. The zero-order chi connectivity index (χ0) is 17.4. The molecule has 4 atom stereocenters. The first kappa shape index (κ1) is 18.3. The summed E-state index contributed by atoms with van der Waals surface area (Å²) in [5.74, 6) is 0. The average molecular weight is 374 g/mol. The normalized spacial score (nSPS) is 28.2. The van der Waals surface area contributed by atoms with Gasteiger partial charge in [0, 0.05) is 12.3 Å². The minimum atomic E-state index is -4.84. The molecule has 0 unspecified atom stereocenters. The first-order valence-electron chi connectivity index (χ1n) is 6.00. The third kappa shape index (κ3) is 3.89. The fraction of sp³-hybridized carbons (Fsp3) is 0.556. The highest BCUT2D eigenvalue weighted by molar-refractivity contribution is 7.78. The van der Waals surface area contributed by atoms with Gasteiger partial charge >= 0.3 is 13.5 Å². The van der Waals surface area contributed by atoms with Crippen molar-refractivity contribution in [3.05, 3.63) is 33.1 Å². The summed E-state index contributed by atoms with van der Waals surface area (Å²) in [6.07, 6.45) is -5.30. The molecule has 11 nitrogen and oxygen atoms in total. The van der Waals surface area contributed by atoms with Gasteiger partial charge in [-0.05, 0) is 4.53 Å². The summed E-state index contributed by atoms with van der Waals surface area (Å²) < 4.78 is 33.9. The van der Waals surface area contributed by atoms with Crippen molar-refractivity contribution in [3.63, 3.8) is 0 Å². The monoisotopic (exact) mass is 374 g/mol.